The van der Waals surface area contributed by atoms with Crippen LogP contribution in [0.3, 0.4) is 0 Å². The van der Waals surface area contributed by atoms with Crippen molar-refractivity contribution in [3.05, 3.63) is 34.3 Å². The van der Waals surface area contributed by atoms with Gasteiger partial charge in [0.15, 0.2) is 0 Å². The zero-order chi connectivity index (χ0) is 14.1. The van der Waals surface area contributed by atoms with Crippen LogP contribution in [0.1, 0.15) is 50.6 Å². The van der Waals surface area contributed by atoms with E-state index in [1.807, 2.05) is 0 Å². The Labute approximate surface area is 131 Å². The predicted molar refractivity (Wildman–Crippen MR) is 87.9 cm³/mol. The lowest BCUT2D eigenvalue weighted by Crippen LogP contribution is -2.47. The third-order valence-electron chi connectivity index (χ3n) is 5.14. The minimum atomic E-state index is 0.537. The summed E-state index contributed by atoms with van der Waals surface area (Å²) in [5.74, 6) is 0. The molecule has 1 aromatic rings. The fourth-order valence-electron chi connectivity index (χ4n) is 4.09. The number of rotatable bonds is 4. The Morgan fingerprint density at radius 2 is 2.00 bits per heavy atom. The van der Waals surface area contributed by atoms with Crippen molar-refractivity contribution in [1.29, 1.82) is 0 Å². The number of hydrogen-bond donors (Lipinski definition) is 1. The molecular weight excluding hydrogens is 312 g/mol. The maximum Gasteiger partial charge on any atom is 0.0345 e. The maximum absolute atomic E-state index is 3.75. The zero-order valence-corrected chi connectivity index (χ0v) is 14.1. The van der Waals surface area contributed by atoms with E-state index >= 15 is 0 Å². The van der Waals surface area contributed by atoms with Crippen molar-refractivity contribution in [2.24, 2.45) is 0 Å². The molecule has 2 bridgehead atoms. The molecule has 1 N–H and O–H groups in total. The lowest BCUT2D eigenvalue weighted by molar-refractivity contribution is 0.121. The summed E-state index contributed by atoms with van der Waals surface area (Å²) in [4.78, 5) is 2.63. The molecule has 110 valence electrons. The molecule has 0 spiro atoms. The van der Waals surface area contributed by atoms with Crippen LogP contribution in [-0.4, -0.2) is 30.1 Å². The smallest absolute Gasteiger partial charge is 0.0345 e. The average Bonchev–Trinajstić information content (AvgIpc) is 2.78. The third kappa shape index (κ3) is 2.95. The van der Waals surface area contributed by atoms with Crippen LogP contribution < -0.4 is 5.32 Å². The van der Waals surface area contributed by atoms with E-state index in [1.165, 1.54) is 42.1 Å². The summed E-state index contributed by atoms with van der Waals surface area (Å²) in [6.07, 6.45) is 6.56. The van der Waals surface area contributed by atoms with E-state index in [4.69, 9.17) is 0 Å². The number of benzene rings is 1. The van der Waals surface area contributed by atoms with Gasteiger partial charge in [-0.15, -0.1) is 0 Å². The summed E-state index contributed by atoms with van der Waals surface area (Å²) in [6, 6.07) is 11.6. The van der Waals surface area contributed by atoms with Gasteiger partial charge in [0, 0.05) is 28.6 Å². The molecule has 2 aliphatic heterocycles. The molecule has 20 heavy (non-hydrogen) atoms. The van der Waals surface area contributed by atoms with E-state index < -0.39 is 0 Å². The minimum absolute atomic E-state index is 0.537. The van der Waals surface area contributed by atoms with Gasteiger partial charge < -0.3 is 5.32 Å². The third-order valence-corrected chi connectivity index (χ3v) is 5.63. The Morgan fingerprint density at radius 3 is 2.60 bits per heavy atom. The Bertz CT molecular complexity index is 450. The topological polar surface area (TPSA) is 15.3 Å². The Kier molecular flexibility index (Phi) is 4.49. The van der Waals surface area contributed by atoms with Crippen molar-refractivity contribution in [1.82, 2.24) is 10.2 Å². The highest BCUT2D eigenvalue weighted by atomic mass is 79.9. The van der Waals surface area contributed by atoms with Crippen LogP contribution in [-0.2, 0) is 0 Å². The SMILES string of the molecule is CCC(c1cccc(Br)c1)N(C)C1CC2CCC(C1)N2. The predicted octanol–water partition coefficient (Wildman–Crippen LogP) is 4.12. The normalized spacial score (nSPS) is 30.7. The molecule has 0 aliphatic carbocycles. The van der Waals surface area contributed by atoms with E-state index in [0.717, 1.165) is 18.1 Å². The van der Waals surface area contributed by atoms with Crippen LogP contribution >= 0.6 is 15.9 Å². The van der Waals surface area contributed by atoms with Crippen molar-refractivity contribution in [2.45, 2.75) is 63.2 Å². The van der Waals surface area contributed by atoms with Crippen LogP contribution in [0.25, 0.3) is 0 Å². The monoisotopic (exact) mass is 336 g/mol. The van der Waals surface area contributed by atoms with Gasteiger partial charge in [-0.05, 0) is 56.8 Å². The van der Waals surface area contributed by atoms with E-state index in [1.54, 1.807) is 0 Å². The first-order chi connectivity index (χ1) is 9.67. The van der Waals surface area contributed by atoms with Crippen LogP contribution in [0, 0.1) is 0 Å². The molecule has 0 saturated carbocycles. The summed E-state index contributed by atoms with van der Waals surface area (Å²) < 4.78 is 1.19. The number of hydrogen-bond acceptors (Lipinski definition) is 2. The van der Waals surface area contributed by atoms with Gasteiger partial charge in [-0.1, -0.05) is 35.0 Å². The molecule has 2 nitrogen and oxygen atoms in total. The van der Waals surface area contributed by atoms with E-state index in [-0.39, 0.29) is 0 Å². The fraction of sp³-hybridized carbons (Fsp3) is 0.647. The molecule has 3 rings (SSSR count). The Morgan fingerprint density at radius 1 is 1.30 bits per heavy atom. The molecule has 2 fully saturated rings. The van der Waals surface area contributed by atoms with Crippen molar-refractivity contribution >= 4 is 15.9 Å². The van der Waals surface area contributed by atoms with Gasteiger partial charge in [0.05, 0.1) is 0 Å². The molecule has 3 heteroatoms. The van der Waals surface area contributed by atoms with Crippen LogP contribution in [0.2, 0.25) is 0 Å². The lowest BCUT2D eigenvalue weighted by Gasteiger charge is -2.40. The maximum atomic E-state index is 3.75. The summed E-state index contributed by atoms with van der Waals surface area (Å²) in [6.45, 7) is 2.30. The summed E-state index contributed by atoms with van der Waals surface area (Å²) >= 11 is 3.61. The minimum Gasteiger partial charge on any atom is -0.311 e. The van der Waals surface area contributed by atoms with Crippen molar-refractivity contribution in [3.63, 3.8) is 0 Å². The van der Waals surface area contributed by atoms with Gasteiger partial charge >= 0.3 is 0 Å². The molecule has 3 atom stereocenters. The first-order valence-electron chi connectivity index (χ1n) is 7.90. The molecule has 3 unspecified atom stereocenters. The molecular formula is C17H25BrN2. The molecule has 2 heterocycles. The first-order valence-corrected chi connectivity index (χ1v) is 8.70. The van der Waals surface area contributed by atoms with Gasteiger partial charge in [0.2, 0.25) is 0 Å². The Balaban J connectivity index is 1.75. The van der Waals surface area contributed by atoms with Gasteiger partial charge in [0.25, 0.3) is 0 Å². The van der Waals surface area contributed by atoms with Gasteiger partial charge in [-0.3, -0.25) is 4.90 Å². The van der Waals surface area contributed by atoms with E-state index in [2.05, 4.69) is 64.4 Å². The standard InChI is InChI=1S/C17H25BrN2/c1-3-17(12-5-4-6-13(18)9-12)20(2)16-10-14-7-8-15(11-16)19-14/h4-6,9,14-17,19H,3,7-8,10-11H2,1-2H3. The molecule has 2 saturated heterocycles. The number of nitrogens with one attached hydrogen (secondary N) is 1. The second kappa shape index (κ2) is 6.17. The second-order valence-corrected chi connectivity index (χ2v) is 7.32. The largest absolute Gasteiger partial charge is 0.311 e. The zero-order valence-electron chi connectivity index (χ0n) is 12.5. The molecule has 2 aliphatic rings. The van der Waals surface area contributed by atoms with Crippen molar-refractivity contribution in [2.75, 3.05) is 7.05 Å². The first kappa shape index (κ1) is 14.6. The average molecular weight is 337 g/mol. The highest BCUT2D eigenvalue weighted by Crippen LogP contribution is 2.34. The lowest BCUT2D eigenvalue weighted by atomic mass is 9.94. The van der Waals surface area contributed by atoms with Crippen LogP contribution in [0.15, 0.2) is 28.7 Å². The number of fused-ring (bicyclic) bond motifs is 2. The number of halogens is 1. The number of piperidine rings is 1. The molecule has 0 amide bonds. The summed E-state index contributed by atoms with van der Waals surface area (Å²) in [5, 5.41) is 3.75. The Hall–Kier alpha value is -0.380. The van der Waals surface area contributed by atoms with E-state index in [9.17, 15) is 0 Å². The fourth-order valence-corrected chi connectivity index (χ4v) is 4.50. The van der Waals surface area contributed by atoms with Gasteiger partial charge in [0.1, 0.15) is 0 Å². The van der Waals surface area contributed by atoms with Crippen molar-refractivity contribution < 1.29 is 0 Å². The second-order valence-electron chi connectivity index (χ2n) is 6.41. The van der Waals surface area contributed by atoms with Crippen molar-refractivity contribution in [3.8, 4) is 0 Å². The number of nitrogens with zero attached hydrogens (tertiary/aromatic N) is 1. The van der Waals surface area contributed by atoms with Crippen LogP contribution in [0.4, 0.5) is 0 Å². The van der Waals surface area contributed by atoms with Crippen LogP contribution in [0.5, 0.6) is 0 Å². The van der Waals surface area contributed by atoms with E-state index in [0.29, 0.717) is 6.04 Å². The van der Waals surface area contributed by atoms with Gasteiger partial charge in [-0.25, -0.2) is 0 Å². The molecule has 0 radical (unpaired) electrons. The summed E-state index contributed by atoms with van der Waals surface area (Å²) in [7, 11) is 2.32. The highest BCUT2D eigenvalue weighted by Gasteiger charge is 2.36. The molecule has 1 aromatic carbocycles. The highest BCUT2D eigenvalue weighted by molar-refractivity contribution is 9.10. The van der Waals surface area contributed by atoms with Gasteiger partial charge in [-0.2, -0.15) is 0 Å². The summed E-state index contributed by atoms with van der Waals surface area (Å²) in [5.41, 5.74) is 1.44. The quantitative estimate of drug-likeness (QED) is 0.889. The molecule has 0 aromatic heterocycles.